The maximum atomic E-state index is 5.66. The molecule has 2 heterocycles. The molecule has 0 saturated heterocycles. The normalized spacial score (nSPS) is 10.4. The lowest BCUT2D eigenvalue weighted by atomic mass is 10.2. The number of aromatic nitrogens is 3. The number of anilines is 1. The van der Waals surface area contributed by atoms with Gasteiger partial charge in [-0.1, -0.05) is 17.4 Å². The minimum atomic E-state index is 0.324. The Hall–Kier alpha value is -2.02. The summed E-state index contributed by atoms with van der Waals surface area (Å²) in [5.41, 5.74) is 7.30. The molecule has 2 rings (SSSR count). The topological polar surface area (TPSA) is 89.9 Å². The predicted molar refractivity (Wildman–Crippen MR) is 76.1 cm³/mol. The number of nitrogens with zero attached hydrogens (tertiary/aromatic N) is 3. The summed E-state index contributed by atoms with van der Waals surface area (Å²) in [6.07, 6.45) is 0.643. The molecular formula is C12H15N5OS. The Labute approximate surface area is 116 Å². The molecule has 0 spiro atoms. The van der Waals surface area contributed by atoms with Crippen LogP contribution in [0.25, 0.3) is 0 Å². The molecule has 3 N–H and O–H groups in total. The molecule has 2 aromatic heterocycles. The van der Waals surface area contributed by atoms with Crippen molar-refractivity contribution in [3.05, 3.63) is 35.1 Å². The van der Waals surface area contributed by atoms with E-state index in [1.54, 1.807) is 6.92 Å². The van der Waals surface area contributed by atoms with Crippen molar-refractivity contribution in [2.45, 2.75) is 20.3 Å². The zero-order chi connectivity index (χ0) is 13.8. The van der Waals surface area contributed by atoms with Gasteiger partial charge in [-0.3, -0.25) is 0 Å². The van der Waals surface area contributed by atoms with Gasteiger partial charge in [0.25, 0.3) is 0 Å². The highest BCUT2D eigenvalue weighted by Gasteiger charge is 2.08. The second-order valence-corrected chi connectivity index (χ2v) is 4.56. The fraction of sp³-hybridized carbons (Fsp3) is 0.333. The van der Waals surface area contributed by atoms with Gasteiger partial charge in [-0.05, 0) is 19.1 Å². The molecule has 0 aliphatic rings. The first-order chi connectivity index (χ1) is 9.06. The Morgan fingerprint density at radius 2 is 2.16 bits per heavy atom. The fourth-order valence-electron chi connectivity index (χ4n) is 1.63. The van der Waals surface area contributed by atoms with Gasteiger partial charge < -0.3 is 15.6 Å². The SMILES string of the molecule is Cc1ccc(C(N)=S)c(NCCc2noc(C)n2)n1. The third-order valence-corrected chi connectivity index (χ3v) is 2.73. The number of nitrogens with one attached hydrogen (secondary N) is 1. The first-order valence-corrected chi connectivity index (χ1v) is 6.27. The van der Waals surface area contributed by atoms with Crippen molar-refractivity contribution in [1.29, 1.82) is 0 Å². The van der Waals surface area contributed by atoms with Crippen molar-refractivity contribution < 1.29 is 4.52 Å². The molecule has 7 heteroatoms. The van der Waals surface area contributed by atoms with E-state index in [1.807, 2.05) is 19.1 Å². The van der Waals surface area contributed by atoms with E-state index in [0.717, 1.165) is 11.3 Å². The third-order valence-electron chi connectivity index (χ3n) is 2.51. The summed E-state index contributed by atoms with van der Waals surface area (Å²) in [5, 5.41) is 7.02. The van der Waals surface area contributed by atoms with Crippen molar-refractivity contribution in [2.24, 2.45) is 5.73 Å². The van der Waals surface area contributed by atoms with Crippen LogP contribution in [0.4, 0.5) is 5.82 Å². The summed E-state index contributed by atoms with van der Waals surface area (Å²) < 4.78 is 4.90. The molecule has 0 aromatic carbocycles. The van der Waals surface area contributed by atoms with Crippen LogP contribution in [-0.2, 0) is 6.42 Å². The van der Waals surface area contributed by atoms with Crippen molar-refractivity contribution in [3.8, 4) is 0 Å². The van der Waals surface area contributed by atoms with E-state index in [-0.39, 0.29) is 0 Å². The smallest absolute Gasteiger partial charge is 0.223 e. The maximum absolute atomic E-state index is 5.66. The van der Waals surface area contributed by atoms with Crippen LogP contribution in [0.1, 0.15) is 23.0 Å². The molecule has 0 amide bonds. The van der Waals surface area contributed by atoms with Gasteiger partial charge in [0.05, 0.1) is 5.56 Å². The molecular weight excluding hydrogens is 262 g/mol. The molecule has 19 heavy (non-hydrogen) atoms. The highest BCUT2D eigenvalue weighted by molar-refractivity contribution is 7.80. The van der Waals surface area contributed by atoms with Gasteiger partial charge in [0.1, 0.15) is 10.8 Å². The van der Waals surface area contributed by atoms with E-state index < -0.39 is 0 Å². The molecule has 0 bridgehead atoms. The number of nitrogens with two attached hydrogens (primary N) is 1. The van der Waals surface area contributed by atoms with Crippen molar-refractivity contribution in [2.75, 3.05) is 11.9 Å². The molecule has 0 unspecified atom stereocenters. The summed E-state index contributed by atoms with van der Waals surface area (Å²) >= 11 is 5.00. The Bertz CT molecular complexity index is 596. The minimum Gasteiger partial charge on any atom is -0.389 e. The maximum Gasteiger partial charge on any atom is 0.223 e. The predicted octanol–water partition coefficient (Wildman–Crippen LogP) is 1.37. The van der Waals surface area contributed by atoms with Crippen LogP contribution in [0.15, 0.2) is 16.7 Å². The first kappa shape index (κ1) is 13.4. The molecule has 2 aromatic rings. The minimum absolute atomic E-state index is 0.324. The molecule has 6 nitrogen and oxygen atoms in total. The highest BCUT2D eigenvalue weighted by Crippen LogP contribution is 2.13. The van der Waals surface area contributed by atoms with E-state index in [2.05, 4.69) is 20.4 Å². The Kier molecular flexibility index (Phi) is 4.06. The summed E-state index contributed by atoms with van der Waals surface area (Å²) in [5.74, 6) is 1.91. The van der Waals surface area contributed by atoms with Gasteiger partial charge >= 0.3 is 0 Å². The average molecular weight is 277 g/mol. The number of hydrogen-bond acceptors (Lipinski definition) is 6. The third kappa shape index (κ3) is 3.47. The molecule has 0 radical (unpaired) electrons. The van der Waals surface area contributed by atoms with Crippen LogP contribution >= 0.6 is 12.2 Å². The zero-order valence-corrected chi connectivity index (χ0v) is 11.6. The van der Waals surface area contributed by atoms with E-state index in [9.17, 15) is 0 Å². The second-order valence-electron chi connectivity index (χ2n) is 4.12. The van der Waals surface area contributed by atoms with Gasteiger partial charge in [-0.2, -0.15) is 4.98 Å². The van der Waals surface area contributed by atoms with Gasteiger partial charge in [0, 0.05) is 25.6 Å². The van der Waals surface area contributed by atoms with Crippen molar-refractivity contribution in [1.82, 2.24) is 15.1 Å². The van der Waals surface area contributed by atoms with Crippen LogP contribution in [-0.4, -0.2) is 26.7 Å². The van der Waals surface area contributed by atoms with Crippen LogP contribution in [0.2, 0.25) is 0 Å². The van der Waals surface area contributed by atoms with Crippen LogP contribution in [0, 0.1) is 13.8 Å². The second kappa shape index (κ2) is 5.75. The van der Waals surface area contributed by atoms with Crippen LogP contribution in [0.3, 0.4) is 0 Å². The molecule has 0 aliphatic carbocycles. The Morgan fingerprint density at radius 3 is 2.79 bits per heavy atom. The lowest BCUT2D eigenvalue weighted by molar-refractivity contribution is 0.387. The zero-order valence-electron chi connectivity index (χ0n) is 10.8. The van der Waals surface area contributed by atoms with E-state index in [1.165, 1.54) is 0 Å². The molecule has 0 atom stereocenters. The van der Waals surface area contributed by atoms with Gasteiger partial charge in [-0.15, -0.1) is 0 Å². The molecule has 0 fully saturated rings. The largest absolute Gasteiger partial charge is 0.389 e. The molecule has 0 aliphatic heterocycles. The average Bonchev–Trinajstić information content (AvgIpc) is 2.75. The summed E-state index contributed by atoms with van der Waals surface area (Å²) in [7, 11) is 0. The number of rotatable bonds is 5. The van der Waals surface area contributed by atoms with Crippen LogP contribution in [0.5, 0.6) is 0 Å². The fourth-order valence-corrected chi connectivity index (χ4v) is 1.79. The monoisotopic (exact) mass is 277 g/mol. The van der Waals surface area contributed by atoms with Gasteiger partial charge in [0.15, 0.2) is 5.82 Å². The van der Waals surface area contributed by atoms with E-state index in [0.29, 0.717) is 35.5 Å². The number of aryl methyl sites for hydroxylation is 2. The number of pyridine rings is 1. The summed E-state index contributed by atoms with van der Waals surface area (Å²) in [6.45, 7) is 4.30. The molecule has 100 valence electrons. The Morgan fingerprint density at radius 1 is 1.37 bits per heavy atom. The lowest BCUT2D eigenvalue weighted by Crippen LogP contribution is -2.16. The van der Waals surface area contributed by atoms with E-state index >= 15 is 0 Å². The summed E-state index contributed by atoms with van der Waals surface area (Å²) in [4.78, 5) is 8.84. The van der Waals surface area contributed by atoms with E-state index in [4.69, 9.17) is 22.5 Å². The van der Waals surface area contributed by atoms with Gasteiger partial charge in [-0.25, -0.2) is 4.98 Å². The van der Waals surface area contributed by atoms with Crippen LogP contribution < -0.4 is 11.1 Å². The standard InChI is InChI=1S/C12H15N5OS/c1-7-3-4-9(11(13)19)12(15-7)14-6-5-10-16-8(2)18-17-10/h3-4H,5-6H2,1-2H3,(H2,13,19)(H,14,15). The quantitative estimate of drug-likeness (QED) is 0.798. The summed E-state index contributed by atoms with van der Waals surface area (Å²) in [6, 6.07) is 3.74. The Balaban J connectivity index is 2.02. The number of thiocarbonyl (C=S) groups is 1. The highest BCUT2D eigenvalue weighted by atomic mass is 32.1. The van der Waals surface area contributed by atoms with Crippen molar-refractivity contribution >= 4 is 23.0 Å². The van der Waals surface area contributed by atoms with Crippen molar-refractivity contribution in [3.63, 3.8) is 0 Å². The lowest BCUT2D eigenvalue weighted by Gasteiger charge is -2.10. The number of hydrogen-bond donors (Lipinski definition) is 2. The first-order valence-electron chi connectivity index (χ1n) is 5.87. The van der Waals surface area contributed by atoms with Gasteiger partial charge in [0.2, 0.25) is 5.89 Å². The molecule has 0 saturated carbocycles.